The minimum absolute atomic E-state index is 0.236. The van der Waals surface area contributed by atoms with Crippen molar-refractivity contribution in [2.75, 3.05) is 24.5 Å². The van der Waals surface area contributed by atoms with Crippen LogP contribution in [0.3, 0.4) is 0 Å². The highest BCUT2D eigenvalue weighted by Gasteiger charge is 2.26. The van der Waals surface area contributed by atoms with E-state index in [4.69, 9.17) is 14.7 Å². The van der Waals surface area contributed by atoms with Crippen LogP contribution in [0.4, 0.5) is 14.7 Å². The number of rotatable bonds is 5. The lowest BCUT2D eigenvalue weighted by Crippen LogP contribution is -2.34. The molecule has 2 aromatic heterocycles. The van der Waals surface area contributed by atoms with Gasteiger partial charge in [0.1, 0.15) is 5.75 Å². The van der Waals surface area contributed by atoms with Crippen LogP contribution in [0.1, 0.15) is 35.4 Å². The SMILES string of the molecule is Fc1ccc(Oc2nc(N3CCCCC3)nc3c2CN(Cc2cccs2)CC3)cc1F. The van der Waals surface area contributed by atoms with Gasteiger partial charge in [0, 0.05) is 50.1 Å². The molecule has 0 aliphatic carbocycles. The molecular formula is C23H24F2N4OS. The molecule has 0 N–H and O–H groups in total. The highest BCUT2D eigenvalue weighted by Crippen LogP contribution is 2.33. The minimum atomic E-state index is -0.934. The van der Waals surface area contributed by atoms with Gasteiger partial charge in [-0.1, -0.05) is 6.07 Å². The molecule has 3 aromatic rings. The van der Waals surface area contributed by atoms with Gasteiger partial charge in [-0.15, -0.1) is 11.3 Å². The van der Waals surface area contributed by atoms with E-state index in [2.05, 4.69) is 27.3 Å². The molecule has 0 atom stereocenters. The van der Waals surface area contributed by atoms with Gasteiger partial charge < -0.3 is 9.64 Å². The zero-order chi connectivity index (χ0) is 21.2. The normalized spacial score (nSPS) is 16.9. The first-order valence-electron chi connectivity index (χ1n) is 10.7. The predicted octanol–water partition coefficient (Wildman–Crippen LogP) is 5.16. The summed E-state index contributed by atoms with van der Waals surface area (Å²) in [4.78, 5) is 15.5. The van der Waals surface area contributed by atoms with E-state index >= 15 is 0 Å². The Hall–Kier alpha value is -2.58. The fourth-order valence-electron chi connectivity index (χ4n) is 4.16. The summed E-state index contributed by atoms with van der Waals surface area (Å²) in [6.07, 6.45) is 4.26. The van der Waals surface area contributed by atoms with Crippen molar-refractivity contribution in [2.24, 2.45) is 0 Å². The number of halogens is 2. The summed E-state index contributed by atoms with van der Waals surface area (Å²) in [5.74, 6) is -0.487. The molecule has 8 heteroatoms. The highest BCUT2D eigenvalue weighted by atomic mass is 32.1. The molecule has 2 aliphatic rings. The number of thiophene rings is 1. The van der Waals surface area contributed by atoms with E-state index < -0.39 is 11.6 Å². The second-order valence-corrected chi connectivity index (χ2v) is 9.05. The number of hydrogen-bond acceptors (Lipinski definition) is 6. The summed E-state index contributed by atoms with van der Waals surface area (Å²) >= 11 is 1.74. The topological polar surface area (TPSA) is 41.5 Å². The summed E-state index contributed by atoms with van der Waals surface area (Å²) in [6.45, 7) is 4.27. The van der Waals surface area contributed by atoms with Gasteiger partial charge in [-0.3, -0.25) is 4.90 Å². The van der Waals surface area contributed by atoms with Gasteiger partial charge in [0.05, 0.1) is 11.3 Å². The van der Waals surface area contributed by atoms with Gasteiger partial charge in [-0.05, 0) is 42.8 Å². The van der Waals surface area contributed by atoms with E-state index in [-0.39, 0.29) is 5.75 Å². The van der Waals surface area contributed by atoms with Crippen molar-refractivity contribution in [3.63, 3.8) is 0 Å². The molecule has 0 unspecified atom stereocenters. The molecule has 1 saturated heterocycles. The van der Waals surface area contributed by atoms with Crippen LogP contribution in [-0.4, -0.2) is 34.5 Å². The monoisotopic (exact) mass is 442 g/mol. The zero-order valence-electron chi connectivity index (χ0n) is 17.2. The summed E-state index contributed by atoms with van der Waals surface area (Å²) < 4.78 is 33.2. The quantitative estimate of drug-likeness (QED) is 0.546. The van der Waals surface area contributed by atoms with Crippen molar-refractivity contribution >= 4 is 17.3 Å². The first-order valence-corrected chi connectivity index (χ1v) is 11.6. The first kappa shape index (κ1) is 20.3. The summed E-state index contributed by atoms with van der Waals surface area (Å²) in [6, 6.07) is 7.77. The van der Waals surface area contributed by atoms with Crippen molar-refractivity contribution < 1.29 is 13.5 Å². The molecule has 0 bridgehead atoms. The van der Waals surface area contributed by atoms with Gasteiger partial charge in [0.15, 0.2) is 11.6 Å². The summed E-state index contributed by atoms with van der Waals surface area (Å²) in [5.41, 5.74) is 1.91. The lowest BCUT2D eigenvalue weighted by Gasteiger charge is -2.31. The van der Waals surface area contributed by atoms with Crippen LogP contribution < -0.4 is 9.64 Å². The predicted molar refractivity (Wildman–Crippen MR) is 117 cm³/mol. The maximum atomic E-state index is 13.8. The van der Waals surface area contributed by atoms with E-state index in [0.717, 1.165) is 68.8 Å². The Morgan fingerprint density at radius 1 is 1.00 bits per heavy atom. The summed E-state index contributed by atoms with van der Waals surface area (Å²) in [7, 11) is 0. The van der Waals surface area contributed by atoms with E-state index in [0.29, 0.717) is 18.4 Å². The number of benzene rings is 1. The Kier molecular flexibility index (Phi) is 5.82. The number of aromatic nitrogens is 2. The van der Waals surface area contributed by atoms with Gasteiger partial charge in [-0.2, -0.15) is 4.98 Å². The van der Waals surface area contributed by atoms with E-state index in [1.165, 1.54) is 17.4 Å². The van der Waals surface area contributed by atoms with Crippen molar-refractivity contribution in [1.29, 1.82) is 0 Å². The molecule has 5 nitrogen and oxygen atoms in total. The van der Waals surface area contributed by atoms with Gasteiger partial charge in [0.25, 0.3) is 0 Å². The third kappa shape index (κ3) is 4.55. The third-order valence-electron chi connectivity index (χ3n) is 5.79. The van der Waals surface area contributed by atoms with Gasteiger partial charge in [-0.25, -0.2) is 13.8 Å². The molecule has 31 heavy (non-hydrogen) atoms. The van der Waals surface area contributed by atoms with Gasteiger partial charge in [0.2, 0.25) is 11.8 Å². The average molecular weight is 443 g/mol. The fourth-order valence-corrected chi connectivity index (χ4v) is 4.90. The molecule has 1 fully saturated rings. The van der Waals surface area contributed by atoms with Crippen molar-refractivity contribution in [3.05, 3.63) is 63.5 Å². The molecule has 0 spiro atoms. The molecule has 4 heterocycles. The first-order chi connectivity index (χ1) is 15.2. The van der Waals surface area contributed by atoms with Crippen molar-refractivity contribution in [2.45, 2.75) is 38.8 Å². The fraction of sp³-hybridized carbons (Fsp3) is 0.391. The number of fused-ring (bicyclic) bond motifs is 1. The van der Waals surface area contributed by atoms with E-state index in [1.54, 1.807) is 11.3 Å². The third-order valence-corrected chi connectivity index (χ3v) is 6.65. The van der Waals surface area contributed by atoms with E-state index in [1.807, 2.05) is 0 Å². The molecule has 162 valence electrons. The Labute approximate surface area is 184 Å². The molecule has 0 radical (unpaired) electrons. The highest BCUT2D eigenvalue weighted by molar-refractivity contribution is 7.09. The van der Waals surface area contributed by atoms with Crippen LogP contribution in [0.25, 0.3) is 0 Å². The Morgan fingerprint density at radius 3 is 2.65 bits per heavy atom. The lowest BCUT2D eigenvalue weighted by atomic mass is 10.1. The largest absolute Gasteiger partial charge is 0.438 e. The average Bonchev–Trinajstić information content (AvgIpc) is 3.30. The number of anilines is 1. The number of hydrogen-bond donors (Lipinski definition) is 0. The smallest absolute Gasteiger partial charge is 0.228 e. The second-order valence-electron chi connectivity index (χ2n) is 8.02. The van der Waals surface area contributed by atoms with Crippen molar-refractivity contribution in [3.8, 4) is 11.6 Å². The van der Waals surface area contributed by atoms with Crippen molar-refractivity contribution in [1.82, 2.24) is 14.9 Å². The molecule has 0 amide bonds. The second kappa shape index (κ2) is 8.88. The maximum absolute atomic E-state index is 13.8. The van der Waals surface area contributed by atoms with Crippen LogP contribution in [0.5, 0.6) is 11.6 Å². The Balaban J connectivity index is 1.47. The van der Waals surface area contributed by atoms with Gasteiger partial charge >= 0.3 is 0 Å². The number of piperidine rings is 1. The molecular weight excluding hydrogens is 418 g/mol. The lowest BCUT2D eigenvalue weighted by molar-refractivity contribution is 0.240. The summed E-state index contributed by atoms with van der Waals surface area (Å²) in [5, 5.41) is 2.08. The molecule has 1 aromatic carbocycles. The van der Waals surface area contributed by atoms with E-state index in [9.17, 15) is 8.78 Å². The Morgan fingerprint density at radius 2 is 1.87 bits per heavy atom. The molecule has 0 saturated carbocycles. The number of nitrogens with zero attached hydrogens (tertiary/aromatic N) is 4. The van der Waals surface area contributed by atoms with Crippen LogP contribution in [0.15, 0.2) is 35.7 Å². The molecule has 2 aliphatic heterocycles. The van der Waals surface area contributed by atoms with Crippen LogP contribution >= 0.6 is 11.3 Å². The zero-order valence-corrected chi connectivity index (χ0v) is 18.0. The molecule has 5 rings (SSSR count). The van der Waals surface area contributed by atoms with Crippen LogP contribution in [0.2, 0.25) is 0 Å². The standard InChI is InChI=1S/C23H24F2N4OS/c24-19-7-6-16(13-20(19)25)30-22-18-15-28(14-17-5-4-12-31-17)11-8-21(18)26-23(27-22)29-9-2-1-3-10-29/h4-7,12-13H,1-3,8-11,14-15H2. The Bertz CT molecular complexity index is 1050. The number of ether oxygens (including phenoxy) is 1. The maximum Gasteiger partial charge on any atom is 0.228 e. The van der Waals surface area contributed by atoms with Crippen LogP contribution in [-0.2, 0) is 19.5 Å². The minimum Gasteiger partial charge on any atom is -0.438 e. The van der Waals surface area contributed by atoms with Crippen LogP contribution in [0, 0.1) is 11.6 Å².